The Hall–Kier alpha value is -0.990. The highest BCUT2D eigenvalue weighted by Crippen LogP contribution is 2.42. The van der Waals surface area contributed by atoms with E-state index in [1.54, 1.807) is 20.8 Å². The molecule has 23 heavy (non-hydrogen) atoms. The summed E-state index contributed by atoms with van der Waals surface area (Å²) < 4.78 is 34.5. The highest BCUT2D eigenvalue weighted by molar-refractivity contribution is 5.87. The van der Waals surface area contributed by atoms with Gasteiger partial charge >= 0.3 is 5.97 Å². The second-order valence-corrected chi connectivity index (χ2v) is 7.09. The average molecular weight is 328 g/mol. The van der Waals surface area contributed by atoms with Crippen LogP contribution in [0.25, 0.3) is 0 Å². The van der Waals surface area contributed by atoms with Gasteiger partial charge in [-0.25, -0.2) is 4.79 Å². The molecule has 3 aliphatic rings. The van der Waals surface area contributed by atoms with E-state index >= 15 is 0 Å². The number of rotatable bonds is 3. The van der Waals surface area contributed by atoms with Gasteiger partial charge in [0.25, 0.3) is 0 Å². The number of esters is 1. The lowest BCUT2D eigenvalue weighted by molar-refractivity contribution is -0.234. The number of ether oxygens (including phenoxy) is 6. The molecule has 5 atom stereocenters. The van der Waals surface area contributed by atoms with Crippen molar-refractivity contribution in [2.45, 2.75) is 76.9 Å². The van der Waals surface area contributed by atoms with Gasteiger partial charge in [0.15, 0.2) is 30.1 Å². The van der Waals surface area contributed by atoms with Gasteiger partial charge in [-0.3, -0.25) is 0 Å². The van der Waals surface area contributed by atoms with Crippen molar-refractivity contribution in [3.63, 3.8) is 0 Å². The Morgan fingerprint density at radius 1 is 1.09 bits per heavy atom. The highest BCUT2D eigenvalue weighted by atomic mass is 16.8. The van der Waals surface area contributed by atoms with E-state index in [0.717, 1.165) is 0 Å². The minimum atomic E-state index is -0.791. The van der Waals surface area contributed by atoms with Crippen LogP contribution >= 0.6 is 0 Å². The first-order valence-electron chi connectivity index (χ1n) is 7.77. The molecule has 0 N–H and O–H groups in total. The van der Waals surface area contributed by atoms with E-state index in [4.69, 9.17) is 28.4 Å². The van der Waals surface area contributed by atoms with Gasteiger partial charge in [-0.1, -0.05) is 6.58 Å². The van der Waals surface area contributed by atoms with Gasteiger partial charge in [0.2, 0.25) is 0 Å². The van der Waals surface area contributed by atoms with Crippen LogP contribution in [0.2, 0.25) is 0 Å². The molecule has 2 unspecified atom stereocenters. The Balaban J connectivity index is 1.79. The Labute approximate surface area is 135 Å². The van der Waals surface area contributed by atoms with Crippen LogP contribution in [0.5, 0.6) is 0 Å². The summed E-state index contributed by atoms with van der Waals surface area (Å²) in [7, 11) is 0. The molecule has 0 aliphatic carbocycles. The van der Waals surface area contributed by atoms with E-state index in [-0.39, 0.29) is 6.10 Å². The Morgan fingerprint density at radius 2 is 1.78 bits per heavy atom. The molecular weight excluding hydrogens is 304 g/mol. The number of fused-ring (bicyclic) bond motifs is 1. The first kappa shape index (κ1) is 16.9. The number of hydrogen-bond acceptors (Lipinski definition) is 7. The largest absolute Gasteiger partial charge is 0.453 e. The zero-order valence-electron chi connectivity index (χ0n) is 14.2. The number of carbonyl (C=O) groups excluding carboxylic acids is 1. The van der Waals surface area contributed by atoms with Gasteiger partial charge in [0.05, 0.1) is 6.61 Å². The van der Waals surface area contributed by atoms with Crippen LogP contribution in [0, 0.1) is 0 Å². The maximum absolute atomic E-state index is 12.0. The second kappa shape index (κ2) is 5.53. The smallest absolute Gasteiger partial charge is 0.333 e. The predicted molar refractivity (Wildman–Crippen MR) is 78.3 cm³/mol. The summed E-state index contributed by atoms with van der Waals surface area (Å²) in [5.74, 6) is -1.98. The third-order valence-electron chi connectivity index (χ3n) is 4.02. The van der Waals surface area contributed by atoms with Crippen LogP contribution in [-0.4, -0.2) is 54.9 Å². The fraction of sp³-hybridized carbons (Fsp3) is 0.812. The fourth-order valence-electron chi connectivity index (χ4n) is 3.04. The molecule has 0 saturated carbocycles. The van der Waals surface area contributed by atoms with Crippen LogP contribution in [0.1, 0.15) is 34.6 Å². The van der Waals surface area contributed by atoms with Crippen molar-refractivity contribution in [3.8, 4) is 0 Å². The molecule has 7 heteroatoms. The highest BCUT2D eigenvalue weighted by Gasteiger charge is 2.60. The van der Waals surface area contributed by atoms with Crippen molar-refractivity contribution >= 4 is 5.97 Å². The van der Waals surface area contributed by atoms with Crippen molar-refractivity contribution in [2.24, 2.45) is 0 Å². The summed E-state index contributed by atoms with van der Waals surface area (Å²) in [5, 5.41) is 0. The third kappa shape index (κ3) is 3.29. The molecule has 0 amide bonds. The van der Waals surface area contributed by atoms with Gasteiger partial charge in [-0.2, -0.15) is 0 Å². The number of carbonyl (C=O) groups is 1. The summed E-state index contributed by atoms with van der Waals surface area (Å²) in [6.45, 7) is 12.8. The standard InChI is InChI=1S/C16H24O7/c1-8(2)13(17)19-11-10(9-7-18-15(3,4)21-9)20-14-12(11)22-16(5,6)23-14/h9-12,14H,1,7H2,2-6H3/t9?,10?,11-,12+,14+/m0/s1. The minimum Gasteiger partial charge on any atom is -0.453 e. The molecule has 0 aromatic rings. The lowest BCUT2D eigenvalue weighted by Crippen LogP contribution is -2.45. The van der Waals surface area contributed by atoms with Gasteiger partial charge in [0, 0.05) is 5.57 Å². The SMILES string of the molecule is C=C(C)C(=O)O[C@H]1C(C2COC(C)(C)O2)O[C@@H]2OC(C)(C)O[C@@H]21. The third-order valence-corrected chi connectivity index (χ3v) is 4.02. The van der Waals surface area contributed by atoms with Crippen molar-refractivity contribution in [2.75, 3.05) is 6.61 Å². The summed E-state index contributed by atoms with van der Waals surface area (Å²) >= 11 is 0. The maximum atomic E-state index is 12.0. The topological polar surface area (TPSA) is 72.5 Å². The predicted octanol–water partition coefficient (Wildman–Crippen LogP) is 1.50. The van der Waals surface area contributed by atoms with Crippen LogP contribution in [0.4, 0.5) is 0 Å². The first-order valence-corrected chi connectivity index (χ1v) is 7.77. The lowest BCUT2D eigenvalue weighted by Gasteiger charge is -2.28. The molecule has 0 aromatic heterocycles. The van der Waals surface area contributed by atoms with E-state index in [0.29, 0.717) is 12.2 Å². The zero-order valence-corrected chi connectivity index (χ0v) is 14.2. The molecule has 0 aromatic carbocycles. The molecule has 0 radical (unpaired) electrons. The molecule has 3 fully saturated rings. The molecule has 3 aliphatic heterocycles. The molecule has 3 rings (SSSR count). The summed E-state index contributed by atoms with van der Waals surface area (Å²) in [4.78, 5) is 12.0. The van der Waals surface area contributed by atoms with Gasteiger partial charge < -0.3 is 28.4 Å². The van der Waals surface area contributed by atoms with Crippen molar-refractivity contribution in [1.82, 2.24) is 0 Å². The second-order valence-electron chi connectivity index (χ2n) is 7.09. The molecule has 3 saturated heterocycles. The van der Waals surface area contributed by atoms with Crippen LogP contribution < -0.4 is 0 Å². The van der Waals surface area contributed by atoms with Crippen molar-refractivity contribution in [1.29, 1.82) is 0 Å². The van der Waals surface area contributed by atoms with Gasteiger partial charge in [-0.05, 0) is 34.6 Å². The molecule has 3 heterocycles. The molecular formula is C16H24O7. The number of hydrogen-bond donors (Lipinski definition) is 0. The quantitative estimate of drug-likeness (QED) is 0.574. The first-order chi connectivity index (χ1) is 10.6. The molecule has 0 bridgehead atoms. The molecule has 7 nitrogen and oxygen atoms in total. The average Bonchev–Trinajstić information content (AvgIpc) is 3.01. The van der Waals surface area contributed by atoms with Crippen molar-refractivity contribution < 1.29 is 33.2 Å². The van der Waals surface area contributed by atoms with E-state index in [2.05, 4.69) is 6.58 Å². The van der Waals surface area contributed by atoms with Crippen molar-refractivity contribution in [3.05, 3.63) is 12.2 Å². The Kier molecular flexibility index (Phi) is 4.05. The van der Waals surface area contributed by atoms with E-state index in [1.165, 1.54) is 0 Å². The Morgan fingerprint density at radius 3 is 2.35 bits per heavy atom. The van der Waals surface area contributed by atoms with E-state index in [1.807, 2.05) is 13.8 Å². The monoisotopic (exact) mass is 328 g/mol. The molecule has 130 valence electrons. The Bertz CT molecular complexity index is 513. The van der Waals surface area contributed by atoms with Crippen LogP contribution in [0.15, 0.2) is 12.2 Å². The summed E-state index contributed by atoms with van der Waals surface area (Å²) in [6, 6.07) is 0. The van der Waals surface area contributed by atoms with Crippen LogP contribution in [-0.2, 0) is 33.2 Å². The minimum absolute atomic E-state index is 0.314. The van der Waals surface area contributed by atoms with E-state index < -0.39 is 42.1 Å². The molecule has 0 spiro atoms. The van der Waals surface area contributed by atoms with Crippen LogP contribution in [0.3, 0.4) is 0 Å². The summed E-state index contributed by atoms with van der Waals surface area (Å²) in [6.07, 6.45) is -2.65. The van der Waals surface area contributed by atoms with Gasteiger partial charge in [0.1, 0.15) is 12.2 Å². The van der Waals surface area contributed by atoms with E-state index in [9.17, 15) is 4.79 Å². The zero-order chi connectivity index (χ0) is 17.0. The maximum Gasteiger partial charge on any atom is 0.333 e. The summed E-state index contributed by atoms with van der Waals surface area (Å²) in [5.41, 5.74) is 0.314. The van der Waals surface area contributed by atoms with Gasteiger partial charge in [-0.15, -0.1) is 0 Å². The lowest BCUT2D eigenvalue weighted by atomic mass is 10.1. The fourth-order valence-corrected chi connectivity index (χ4v) is 3.04. The normalized spacial score (nSPS) is 40.8.